The monoisotopic (exact) mass is 172 g/mol. The third-order valence-corrected chi connectivity index (χ3v) is 1.66. The molecule has 1 aromatic carbocycles. The summed E-state index contributed by atoms with van der Waals surface area (Å²) in [7, 11) is 0. The van der Waals surface area contributed by atoms with Gasteiger partial charge in [0.15, 0.2) is 0 Å². The van der Waals surface area contributed by atoms with Gasteiger partial charge in [-0.05, 0) is 30.7 Å². The minimum absolute atomic E-state index is 0.661. The summed E-state index contributed by atoms with van der Waals surface area (Å²) in [5.41, 5.74) is 7.08. The number of nitrogens with zero attached hydrogens (tertiary/aromatic N) is 1. The average Bonchev–Trinajstić information content (AvgIpc) is 2.19. The molecule has 0 aliphatic carbocycles. The van der Waals surface area contributed by atoms with Crippen molar-refractivity contribution in [2.24, 2.45) is 5.73 Å². The molecule has 0 bridgehead atoms. The third kappa shape index (κ3) is 3.10. The summed E-state index contributed by atoms with van der Waals surface area (Å²) in [5.74, 6) is 0. The highest BCUT2D eigenvalue weighted by molar-refractivity contribution is 5.52. The Labute approximate surface area is 78.3 Å². The van der Waals surface area contributed by atoms with E-state index in [0.717, 1.165) is 12.0 Å². The first kappa shape index (κ1) is 9.50. The molecule has 0 saturated heterocycles. The van der Waals surface area contributed by atoms with Gasteiger partial charge in [-0.25, -0.2) is 0 Å². The lowest BCUT2D eigenvalue weighted by Crippen LogP contribution is -1.94. The summed E-state index contributed by atoms with van der Waals surface area (Å²) in [4.78, 5) is 0. The lowest BCUT2D eigenvalue weighted by molar-refractivity contribution is 1.01. The Morgan fingerprint density at radius 2 is 2.31 bits per heavy atom. The predicted molar refractivity (Wildman–Crippen MR) is 53.9 cm³/mol. The lowest BCUT2D eigenvalue weighted by atomic mass is 10.1. The molecule has 13 heavy (non-hydrogen) atoms. The van der Waals surface area contributed by atoms with E-state index in [-0.39, 0.29) is 0 Å². The quantitative estimate of drug-likeness (QED) is 0.757. The van der Waals surface area contributed by atoms with Crippen LogP contribution in [0.4, 0.5) is 0 Å². The maximum absolute atomic E-state index is 8.64. The maximum atomic E-state index is 8.64. The Morgan fingerprint density at radius 1 is 1.46 bits per heavy atom. The zero-order chi connectivity index (χ0) is 9.52. The van der Waals surface area contributed by atoms with Gasteiger partial charge in [0, 0.05) is 0 Å². The fourth-order valence-electron chi connectivity index (χ4n) is 1.03. The molecule has 1 rings (SSSR count). The van der Waals surface area contributed by atoms with Crippen LogP contribution in [0, 0.1) is 11.3 Å². The Morgan fingerprint density at radius 3 is 3.00 bits per heavy atom. The van der Waals surface area contributed by atoms with Gasteiger partial charge in [-0.1, -0.05) is 24.3 Å². The zero-order valence-corrected chi connectivity index (χ0v) is 7.40. The molecule has 0 unspecified atom stereocenters. The molecule has 0 heterocycles. The Kier molecular flexibility index (Phi) is 3.74. The molecule has 1 aromatic rings. The summed E-state index contributed by atoms with van der Waals surface area (Å²) in [5, 5.41) is 8.64. The van der Waals surface area contributed by atoms with Gasteiger partial charge in [0.05, 0.1) is 11.6 Å². The van der Waals surface area contributed by atoms with E-state index < -0.39 is 0 Å². The van der Waals surface area contributed by atoms with Gasteiger partial charge in [0.25, 0.3) is 0 Å². The fourth-order valence-corrected chi connectivity index (χ4v) is 1.03. The van der Waals surface area contributed by atoms with Gasteiger partial charge in [-0.3, -0.25) is 0 Å². The summed E-state index contributed by atoms with van der Waals surface area (Å²) in [6.07, 6.45) is 4.86. The first-order chi connectivity index (χ1) is 6.36. The zero-order valence-electron chi connectivity index (χ0n) is 7.40. The fraction of sp³-hybridized carbons (Fsp3) is 0.182. The molecule has 0 aliphatic heterocycles. The van der Waals surface area contributed by atoms with Gasteiger partial charge in [0.2, 0.25) is 0 Å². The molecule has 2 nitrogen and oxygen atoms in total. The summed E-state index contributed by atoms with van der Waals surface area (Å²) < 4.78 is 0. The van der Waals surface area contributed by atoms with Gasteiger partial charge >= 0.3 is 0 Å². The van der Waals surface area contributed by atoms with E-state index in [1.54, 1.807) is 6.07 Å². The molecule has 0 spiro atoms. The number of hydrogen-bond donors (Lipinski definition) is 1. The van der Waals surface area contributed by atoms with Crippen LogP contribution in [-0.2, 0) is 0 Å². The number of nitrogens with two attached hydrogens (primary N) is 1. The number of nitriles is 1. The van der Waals surface area contributed by atoms with E-state index in [2.05, 4.69) is 6.07 Å². The van der Waals surface area contributed by atoms with E-state index >= 15 is 0 Å². The van der Waals surface area contributed by atoms with E-state index in [0.29, 0.717) is 12.1 Å². The standard InChI is InChI=1S/C11H12N2/c12-7-2-1-4-10-5-3-6-11(8-10)9-13/h1,3-6,8H,2,7,12H2. The highest BCUT2D eigenvalue weighted by Crippen LogP contribution is 2.06. The van der Waals surface area contributed by atoms with Crippen LogP contribution in [0.5, 0.6) is 0 Å². The van der Waals surface area contributed by atoms with Crippen molar-refractivity contribution in [3.05, 3.63) is 41.5 Å². The third-order valence-electron chi connectivity index (χ3n) is 1.66. The molecule has 0 atom stereocenters. The topological polar surface area (TPSA) is 49.8 Å². The first-order valence-corrected chi connectivity index (χ1v) is 4.23. The van der Waals surface area contributed by atoms with E-state index in [1.165, 1.54) is 0 Å². The maximum Gasteiger partial charge on any atom is 0.0991 e. The molecule has 0 saturated carbocycles. The minimum Gasteiger partial charge on any atom is -0.330 e. The van der Waals surface area contributed by atoms with Crippen molar-refractivity contribution in [3.8, 4) is 6.07 Å². The van der Waals surface area contributed by atoms with Gasteiger partial charge < -0.3 is 5.73 Å². The second-order valence-corrected chi connectivity index (χ2v) is 2.72. The van der Waals surface area contributed by atoms with Crippen LogP contribution in [0.2, 0.25) is 0 Å². The van der Waals surface area contributed by atoms with Crippen LogP contribution in [0.1, 0.15) is 17.5 Å². The number of hydrogen-bond acceptors (Lipinski definition) is 2. The molecule has 2 heteroatoms. The van der Waals surface area contributed by atoms with Gasteiger partial charge in [-0.15, -0.1) is 0 Å². The smallest absolute Gasteiger partial charge is 0.0991 e. The van der Waals surface area contributed by atoms with Crippen molar-refractivity contribution in [3.63, 3.8) is 0 Å². The summed E-state index contributed by atoms with van der Waals surface area (Å²) >= 11 is 0. The number of rotatable bonds is 3. The summed E-state index contributed by atoms with van der Waals surface area (Å²) in [6, 6.07) is 9.59. The Hall–Kier alpha value is -1.59. The Bertz CT molecular complexity index is 334. The molecule has 0 aliphatic rings. The molecule has 66 valence electrons. The van der Waals surface area contributed by atoms with Crippen LogP contribution in [0.3, 0.4) is 0 Å². The van der Waals surface area contributed by atoms with Crippen molar-refractivity contribution in [2.75, 3.05) is 6.54 Å². The van der Waals surface area contributed by atoms with Crippen molar-refractivity contribution >= 4 is 6.08 Å². The minimum atomic E-state index is 0.661. The largest absolute Gasteiger partial charge is 0.330 e. The molecular weight excluding hydrogens is 160 g/mol. The predicted octanol–water partition coefficient (Wildman–Crippen LogP) is 1.92. The van der Waals surface area contributed by atoms with Crippen molar-refractivity contribution < 1.29 is 0 Å². The van der Waals surface area contributed by atoms with Crippen LogP contribution >= 0.6 is 0 Å². The molecule has 0 aromatic heterocycles. The number of benzene rings is 1. The Balaban J connectivity index is 2.73. The summed E-state index contributed by atoms with van der Waals surface area (Å²) in [6.45, 7) is 0.661. The molecule has 0 amide bonds. The van der Waals surface area contributed by atoms with Crippen LogP contribution in [-0.4, -0.2) is 6.54 Å². The second-order valence-electron chi connectivity index (χ2n) is 2.72. The van der Waals surface area contributed by atoms with E-state index in [4.69, 9.17) is 11.0 Å². The van der Waals surface area contributed by atoms with Crippen LogP contribution in [0.15, 0.2) is 30.3 Å². The molecule has 2 N–H and O–H groups in total. The van der Waals surface area contributed by atoms with Crippen molar-refractivity contribution in [1.82, 2.24) is 0 Å². The van der Waals surface area contributed by atoms with Gasteiger partial charge in [0.1, 0.15) is 0 Å². The molecule has 0 radical (unpaired) electrons. The SMILES string of the molecule is N#Cc1cccc(C=CCCN)c1. The van der Waals surface area contributed by atoms with Crippen LogP contribution in [0.25, 0.3) is 6.08 Å². The van der Waals surface area contributed by atoms with Crippen LogP contribution < -0.4 is 5.73 Å². The highest BCUT2D eigenvalue weighted by atomic mass is 14.5. The van der Waals surface area contributed by atoms with Crippen molar-refractivity contribution in [2.45, 2.75) is 6.42 Å². The second kappa shape index (κ2) is 5.13. The van der Waals surface area contributed by atoms with E-state index in [1.807, 2.05) is 30.4 Å². The van der Waals surface area contributed by atoms with Crippen molar-refractivity contribution in [1.29, 1.82) is 5.26 Å². The highest BCUT2D eigenvalue weighted by Gasteiger charge is 1.89. The van der Waals surface area contributed by atoms with E-state index in [9.17, 15) is 0 Å². The first-order valence-electron chi connectivity index (χ1n) is 4.23. The normalized spacial score (nSPS) is 10.2. The lowest BCUT2D eigenvalue weighted by Gasteiger charge is -1.93. The molecular formula is C11H12N2. The van der Waals surface area contributed by atoms with Gasteiger partial charge in [-0.2, -0.15) is 5.26 Å². The molecule has 0 fully saturated rings. The average molecular weight is 172 g/mol.